The van der Waals surface area contributed by atoms with Gasteiger partial charge in [0.2, 0.25) is 0 Å². The maximum absolute atomic E-state index is 4.65. The lowest BCUT2D eigenvalue weighted by Crippen LogP contribution is -2.13. The van der Waals surface area contributed by atoms with Gasteiger partial charge in [0.05, 0.1) is 38.6 Å². The molecule has 7 heteroatoms. The van der Waals surface area contributed by atoms with Gasteiger partial charge < -0.3 is 0 Å². The standard InChI is InChI=1S/7C13H15N/c1-13(2,3)11-7-4-8-12-10(11)6-5-9-14-12;1-13(2,3)11-8-4-6-10-7-5-9-14-12(10)11;1-13(2,3)11-6-7-12-10(9-11)5-4-8-14-12;1-13(2,3)11-7-6-10-5-4-8-14-12(10)9-11;1-13(2,3)11-8-10-6-4-5-7-12(10)14-9-11;1-13(2,3)11-8-9-14-12-7-5-4-6-10(11)12;1-13(2,3)12-9-8-10-6-4-5-7-11(10)14-12/h7*4-9H,1-3H3. The molecule has 0 atom stereocenters. The topological polar surface area (TPSA) is 90.2 Å². The van der Waals surface area contributed by atoms with Crippen LogP contribution in [0.2, 0.25) is 0 Å². The van der Waals surface area contributed by atoms with Gasteiger partial charge in [-0.05, 0) is 151 Å². The number of rotatable bonds is 0. The van der Waals surface area contributed by atoms with E-state index >= 15 is 0 Å². The van der Waals surface area contributed by atoms with Gasteiger partial charge in [0.15, 0.2) is 0 Å². The largest absolute Gasteiger partial charge is 0.256 e. The van der Waals surface area contributed by atoms with Crippen LogP contribution in [0.15, 0.2) is 256 Å². The van der Waals surface area contributed by atoms with E-state index in [2.05, 4.69) is 344 Å². The summed E-state index contributed by atoms with van der Waals surface area (Å²) in [5, 5.41) is 8.62. The quantitative estimate of drug-likeness (QED) is 0.149. The number of fused-ring (bicyclic) bond motifs is 7. The van der Waals surface area contributed by atoms with Crippen LogP contribution < -0.4 is 0 Å². The molecule has 98 heavy (non-hydrogen) atoms. The van der Waals surface area contributed by atoms with Crippen LogP contribution in [0.5, 0.6) is 0 Å². The number of aromatic nitrogens is 7. The van der Waals surface area contributed by atoms with E-state index in [0.29, 0.717) is 0 Å². The summed E-state index contributed by atoms with van der Waals surface area (Å²) in [6, 6.07) is 75.4. The maximum atomic E-state index is 4.65. The Hall–Kier alpha value is -9.59. The van der Waals surface area contributed by atoms with Gasteiger partial charge in [0.1, 0.15) is 0 Å². The molecule has 0 saturated carbocycles. The average molecular weight is 1300 g/mol. The number of hydrogen-bond acceptors (Lipinski definition) is 7. The summed E-state index contributed by atoms with van der Waals surface area (Å²) in [6.45, 7) is 46.6. The lowest BCUT2D eigenvalue weighted by molar-refractivity contribution is 0.571. The van der Waals surface area contributed by atoms with Crippen LogP contribution in [0.3, 0.4) is 0 Å². The minimum Gasteiger partial charge on any atom is -0.256 e. The van der Waals surface area contributed by atoms with Crippen LogP contribution in [-0.4, -0.2) is 34.9 Å². The first-order chi connectivity index (χ1) is 46.1. The van der Waals surface area contributed by atoms with E-state index in [9.17, 15) is 0 Å². The van der Waals surface area contributed by atoms with E-state index in [1.54, 1.807) is 0 Å². The first-order valence-corrected chi connectivity index (χ1v) is 34.5. The highest BCUT2D eigenvalue weighted by molar-refractivity contribution is 5.86. The molecule has 0 N–H and O–H groups in total. The van der Waals surface area contributed by atoms with E-state index in [-0.39, 0.29) is 37.9 Å². The third kappa shape index (κ3) is 20.5. The molecule has 0 fully saturated rings. The SMILES string of the molecule is CC(C)(C)c1ccc2ccccc2n1.CC(C)(C)c1ccc2cccnc2c1.CC(C)(C)c1ccc2ncccc2c1.CC(C)(C)c1cccc2cccnc12.CC(C)(C)c1cccc2ncccc12.CC(C)(C)c1ccnc2ccccc12.CC(C)(C)c1cnc2ccccc2c1. The van der Waals surface area contributed by atoms with Crippen molar-refractivity contribution in [2.24, 2.45) is 0 Å². The smallest absolute Gasteiger partial charge is 0.0739 e. The lowest BCUT2D eigenvalue weighted by atomic mass is 9.84. The Balaban J connectivity index is 0.000000146. The molecule has 7 heterocycles. The number of hydrogen-bond donors (Lipinski definition) is 0. The zero-order valence-electron chi connectivity index (χ0n) is 62.4. The summed E-state index contributed by atoms with van der Waals surface area (Å²) in [7, 11) is 0. The molecule has 0 bridgehead atoms. The minimum atomic E-state index is 0.129. The van der Waals surface area contributed by atoms with Crippen LogP contribution in [-0.2, 0) is 37.9 Å². The highest BCUT2D eigenvalue weighted by Gasteiger charge is 2.21. The molecule has 14 rings (SSSR count). The van der Waals surface area contributed by atoms with Gasteiger partial charge in [0, 0.05) is 86.0 Å². The normalized spacial score (nSPS) is 11.9. The summed E-state index contributed by atoms with van der Waals surface area (Å²) >= 11 is 0. The van der Waals surface area contributed by atoms with E-state index in [1.807, 2.05) is 91.8 Å². The highest BCUT2D eigenvalue weighted by atomic mass is 14.7. The van der Waals surface area contributed by atoms with Crippen molar-refractivity contribution in [1.82, 2.24) is 34.9 Å². The zero-order chi connectivity index (χ0) is 71.3. The Bertz CT molecular complexity index is 4310. The van der Waals surface area contributed by atoms with E-state index in [4.69, 9.17) is 0 Å². The Morgan fingerprint density at radius 1 is 0.214 bits per heavy atom. The molecule has 0 aliphatic carbocycles. The monoisotopic (exact) mass is 1300 g/mol. The molecule has 0 spiro atoms. The number of nitrogens with zero attached hydrogens (tertiary/aromatic N) is 7. The van der Waals surface area contributed by atoms with Crippen LogP contribution in [0.1, 0.15) is 184 Å². The minimum absolute atomic E-state index is 0.129. The lowest BCUT2D eigenvalue weighted by Gasteiger charge is -2.20. The fourth-order valence-electron chi connectivity index (χ4n) is 11.3. The first kappa shape index (κ1) is 74.2. The van der Waals surface area contributed by atoms with Crippen molar-refractivity contribution >= 4 is 76.3 Å². The van der Waals surface area contributed by atoms with Crippen molar-refractivity contribution in [1.29, 1.82) is 0 Å². The molecule has 14 aromatic rings. The van der Waals surface area contributed by atoms with Gasteiger partial charge in [-0.2, -0.15) is 0 Å². The molecule has 0 aliphatic heterocycles. The second-order valence-corrected chi connectivity index (χ2v) is 32.5. The van der Waals surface area contributed by atoms with Crippen molar-refractivity contribution in [2.45, 2.75) is 183 Å². The molecule has 0 radical (unpaired) electrons. The summed E-state index contributed by atoms with van der Waals surface area (Å²) in [5.74, 6) is 0. The van der Waals surface area contributed by atoms with Gasteiger partial charge in [-0.15, -0.1) is 0 Å². The Morgan fingerprint density at radius 2 is 0.602 bits per heavy atom. The third-order valence-corrected chi connectivity index (χ3v) is 17.1. The molecule has 7 aromatic carbocycles. The first-order valence-electron chi connectivity index (χ1n) is 34.5. The highest BCUT2D eigenvalue weighted by Crippen LogP contribution is 2.33. The Labute approximate surface area is 585 Å². The van der Waals surface area contributed by atoms with E-state index in [0.717, 1.165) is 44.3 Å². The van der Waals surface area contributed by atoms with Crippen molar-refractivity contribution in [2.75, 3.05) is 0 Å². The van der Waals surface area contributed by atoms with E-state index < -0.39 is 0 Å². The van der Waals surface area contributed by atoms with Crippen molar-refractivity contribution < 1.29 is 0 Å². The fourth-order valence-corrected chi connectivity index (χ4v) is 11.3. The fraction of sp³-hybridized carbons (Fsp3) is 0.308. The molecule has 0 aliphatic rings. The van der Waals surface area contributed by atoms with Crippen LogP contribution in [0.4, 0.5) is 0 Å². The van der Waals surface area contributed by atoms with Gasteiger partial charge in [-0.3, -0.25) is 34.9 Å². The molecule has 0 amide bonds. The maximum Gasteiger partial charge on any atom is 0.0739 e. The third-order valence-electron chi connectivity index (χ3n) is 17.1. The van der Waals surface area contributed by atoms with Crippen molar-refractivity contribution in [3.05, 3.63) is 295 Å². The predicted molar refractivity (Wildman–Crippen MR) is 423 cm³/mol. The molecule has 504 valence electrons. The summed E-state index contributed by atoms with van der Waals surface area (Å²) < 4.78 is 0. The van der Waals surface area contributed by atoms with Gasteiger partial charge in [-0.1, -0.05) is 279 Å². The number of pyridine rings is 7. The van der Waals surface area contributed by atoms with Crippen LogP contribution in [0.25, 0.3) is 76.3 Å². The molecular weight excluding hydrogens is 1190 g/mol. The van der Waals surface area contributed by atoms with Gasteiger partial charge in [-0.25, -0.2) is 0 Å². The van der Waals surface area contributed by atoms with E-state index in [1.165, 1.54) is 71.1 Å². The average Bonchev–Trinajstić information content (AvgIpc) is 0.800. The summed E-state index contributed by atoms with van der Waals surface area (Å²) in [6.07, 6.45) is 11.2. The van der Waals surface area contributed by atoms with Crippen LogP contribution in [0, 0.1) is 0 Å². The molecule has 0 saturated heterocycles. The second-order valence-electron chi connectivity index (χ2n) is 32.5. The summed E-state index contributed by atoms with van der Waals surface area (Å²) in [4.78, 5) is 30.9. The van der Waals surface area contributed by atoms with Crippen molar-refractivity contribution in [3.8, 4) is 0 Å². The Kier molecular flexibility index (Phi) is 23.7. The summed E-state index contributed by atoms with van der Waals surface area (Å²) in [5.41, 5.74) is 18.0. The number of para-hydroxylation sites is 4. The zero-order valence-corrected chi connectivity index (χ0v) is 62.4. The Morgan fingerprint density at radius 3 is 1.21 bits per heavy atom. The second kappa shape index (κ2) is 31.3. The van der Waals surface area contributed by atoms with Crippen LogP contribution >= 0.6 is 0 Å². The molecular formula is C91H105N7. The van der Waals surface area contributed by atoms with Crippen molar-refractivity contribution in [3.63, 3.8) is 0 Å². The molecule has 7 aromatic heterocycles. The molecule has 7 nitrogen and oxygen atoms in total. The number of benzene rings is 7. The van der Waals surface area contributed by atoms with Gasteiger partial charge >= 0.3 is 0 Å². The predicted octanol–water partition coefficient (Wildman–Crippen LogP) is 24.7. The van der Waals surface area contributed by atoms with Gasteiger partial charge in [0.25, 0.3) is 0 Å². The molecule has 0 unspecified atom stereocenters.